The second kappa shape index (κ2) is 19.1. The summed E-state index contributed by atoms with van der Waals surface area (Å²) in [5.74, 6) is -0.752. The highest BCUT2D eigenvalue weighted by molar-refractivity contribution is 5.77. The Kier molecular flexibility index (Phi) is 17.8. The Morgan fingerprint density at radius 1 is 0.485 bits per heavy atom. The lowest BCUT2D eigenvalue weighted by atomic mass is 10.1. The Morgan fingerprint density at radius 2 is 0.818 bits per heavy atom. The summed E-state index contributed by atoms with van der Waals surface area (Å²) in [6, 6.07) is 0. The fourth-order valence-electron chi connectivity index (χ4n) is 2.93. The second-order valence-corrected chi connectivity index (χ2v) is 9.20. The summed E-state index contributed by atoms with van der Waals surface area (Å²) >= 11 is 0. The molecule has 0 bridgehead atoms. The molecule has 0 aromatic carbocycles. The van der Waals surface area contributed by atoms with Crippen molar-refractivity contribution in [2.45, 2.75) is 99.8 Å². The first-order valence-corrected chi connectivity index (χ1v) is 12.1. The molecule has 0 atom stereocenters. The molecular weight excluding hydrogens is 412 g/mol. The van der Waals surface area contributed by atoms with Crippen LogP contribution in [0.4, 0.5) is 0 Å². The molecule has 0 amide bonds. The first-order chi connectivity index (χ1) is 15.6. The minimum absolute atomic E-state index is 0.0442. The summed E-state index contributed by atoms with van der Waals surface area (Å²) in [5, 5.41) is 0. The van der Waals surface area contributed by atoms with Gasteiger partial charge in [-0.2, -0.15) is 0 Å². The van der Waals surface area contributed by atoms with Gasteiger partial charge in [-0.3, -0.25) is 9.59 Å². The Balaban J connectivity index is 4.00. The smallest absolute Gasteiger partial charge is 0.306 e. The van der Waals surface area contributed by atoms with Crippen molar-refractivity contribution in [2.75, 3.05) is 13.2 Å². The van der Waals surface area contributed by atoms with Crippen LogP contribution < -0.4 is 0 Å². The average molecular weight is 459 g/mol. The molecule has 4 heteroatoms. The van der Waals surface area contributed by atoms with Gasteiger partial charge in [-0.25, -0.2) is 0 Å². The summed E-state index contributed by atoms with van der Waals surface area (Å²) in [6.45, 7) is 15.2. The zero-order valence-electron chi connectivity index (χ0n) is 22.1. The first-order valence-electron chi connectivity index (χ1n) is 12.1. The van der Waals surface area contributed by atoms with E-state index in [2.05, 4.69) is 52.8 Å². The molecule has 0 aliphatic carbocycles. The molecule has 0 N–H and O–H groups in total. The van der Waals surface area contributed by atoms with Crippen molar-refractivity contribution in [3.63, 3.8) is 0 Å². The maximum Gasteiger partial charge on any atom is 0.306 e. The van der Waals surface area contributed by atoms with Crippen molar-refractivity contribution < 1.29 is 19.1 Å². The molecule has 186 valence electrons. The summed E-state index contributed by atoms with van der Waals surface area (Å²) in [7, 11) is 0. The van der Waals surface area contributed by atoms with Gasteiger partial charge >= 0.3 is 11.9 Å². The molecule has 0 rings (SSSR count). The molecule has 0 radical (unpaired) electrons. The maximum atomic E-state index is 11.8. The van der Waals surface area contributed by atoms with Gasteiger partial charge in [0.05, 0.1) is 12.8 Å². The van der Waals surface area contributed by atoms with Gasteiger partial charge < -0.3 is 9.47 Å². The van der Waals surface area contributed by atoms with E-state index in [9.17, 15) is 9.59 Å². The Bertz CT molecular complexity index is 740. The molecule has 0 unspecified atom stereocenters. The number of allylic oxidation sites excluding steroid dienone is 8. The number of hydrogen-bond donors (Lipinski definition) is 0. The summed E-state index contributed by atoms with van der Waals surface area (Å²) < 4.78 is 10.4. The third-order valence-electron chi connectivity index (χ3n) is 5.10. The summed E-state index contributed by atoms with van der Waals surface area (Å²) in [4.78, 5) is 23.6. The summed E-state index contributed by atoms with van der Waals surface area (Å²) in [6.07, 6.45) is 16.8. The van der Waals surface area contributed by atoms with Gasteiger partial charge in [0.1, 0.15) is 13.2 Å². The SMILES string of the molecule is CC(C)=CCCC(C)=CCCC(C)=CCOC(=O)CCC(=O)OCC=C(C)CCC=C(C)C. The molecule has 0 spiro atoms. The van der Waals surface area contributed by atoms with Crippen LogP contribution >= 0.6 is 0 Å². The normalized spacial score (nSPS) is 12.3. The number of carbonyl (C=O) groups excluding carboxylic acids is 2. The lowest BCUT2D eigenvalue weighted by Crippen LogP contribution is -2.10. The molecule has 0 aliphatic heterocycles. The third-order valence-corrected chi connectivity index (χ3v) is 5.10. The predicted octanol–water partition coefficient (Wildman–Crippen LogP) is 7.96. The Labute approximate surface area is 202 Å². The van der Waals surface area contributed by atoms with Gasteiger partial charge in [0.25, 0.3) is 0 Å². The van der Waals surface area contributed by atoms with Gasteiger partial charge in [-0.05, 0) is 99.1 Å². The van der Waals surface area contributed by atoms with Gasteiger partial charge in [0, 0.05) is 0 Å². The number of hydrogen-bond acceptors (Lipinski definition) is 4. The van der Waals surface area contributed by atoms with E-state index in [0.29, 0.717) is 0 Å². The van der Waals surface area contributed by atoms with E-state index in [0.717, 1.165) is 38.5 Å². The lowest BCUT2D eigenvalue weighted by Gasteiger charge is -2.05. The predicted molar refractivity (Wildman–Crippen MR) is 139 cm³/mol. The second-order valence-electron chi connectivity index (χ2n) is 9.20. The largest absolute Gasteiger partial charge is 0.461 e. The van der Waals surface area contributed by atoms with Crippen LogP contribution in [0.1, 0.15) is 99.8 Å². The number of esters is 2. The highest BCUT2D eigenvalue weighted by atomic mass is 16.5. The molecule has 33 heavy (non-hydrogen) atoms. The van der Waals surface area contributed by atoms with Gasteiger partial charge in [-0.1, -0.05) is 46.1 Å². The molecule has 0 fully saturated rings. The highest BCUT2D eigenvalue weighted by Crippen LogP contribution is 2.11. The fraction of sp³-hybridized carbons (Fsp3) is 0.586. The van der Waals surface area contributed by atoms with Gasteiger partial charge in [0.2, 0.25) is 0 Å². The van der Waals surface area contributed by atoms with Crippen LogP contribution in [-0.2, 0) is 19.1 Å². The van der Waals surface area contributed by atoms with E-state index in [1.807, 2.05) is 26.0 Å². The van der Waals surface area contributed by atoms with E-state index < -0.39 is 0 Å². The molecule has 4 nitrogen and oxygen atoms in total. The zero-order valence-corrected chi connectivity index (χ0v) is 22.1. The average Bonchev–Trinajstić information content (AvgIpc) is 2.71. The van der Waals surface area contributed by atoms with Crippen molar-refractivity contribution in [1.82, 2.24) is 0 Å². The molecule has 0 aromatic rings. The molecular formula is C29H46O4. The lowest BCUT2D eigenvalue weighted by molar-refractivity contribution is -0.149. The monoisotopic (exact) mass is 458 g/mol. The number of rotatable bonds is 16. The molecule has 0 aliphatic rings. The summed E-state index contributed by atoms with van der Waals surface area (Å²) in [5.41, 5.74) is 6.47. The van der Waals surface area contributed by atoms with Crippen molar-refractivity contribution >= 4 is 11.9 Å². The van der Waals surface area contributed by atoms with Crippen LogP contribution in [0.15, 0.2) is 58.2 Å². The van der Waals surface area contributed by atoms with E-state index in [4.69, 9.17) is 9.47 Å². The van der Waals surface area contributed by atoms with Crippen LogP contribution in [0.2, 0.25) is 0 Å². The minimum atomic E-state index is -0.376. The van der Waals surface area contributed by atoms with E-state index in [1.54, 1.807) is 0 Å². The van der Waals surface area contributed by atoms with Gasteiger partial charge in [0.15, 0.2) is 0 Å². The first kappa shape index (κ1) is 30.6. The fourth-order valence-corrected chi connectivity index (χ4v) is 2.93. The molecule has 0 saturated carbocycles. The number of ether oxygens (including phenoxy) is 2. The van der Waals surface area contributed by atoms with Gasteiger partial charge in [-0.15, -0.1) is 0 Å². The maximum absolute atomic E-state index is 11.8. The number of carbonyl (C=O) groups is 2. The van der Waals surface area contributed by atoms with Crippen LogP contribution in [0.25, 0.3) is 0 Å². The van der Waals surface area contributed by atoms with E-state index >= 15 is 0 Å². The zero-order chi connectivity index (χ0) is 25.1. The molecule has 0 heterocycles. The standard InChI is InChI=1S/C29H46O4/c1-23(2)11-8-13-25(5)15-10-16-27(7)20-22-33-29(31)18-17-28(30)32-21-19-26(6)14-9-12-24(3)4/h11-12,15,19-20H,8-10,13-14,16-18,21-22H2,1-7H3. The minimum Gasteiger partial charge on any atom is -0.461 e. The van der Waals surface area contributed by atoms with E-state index in [-0.39, 0.29) is 38.0 Å². The Hall–Kier alpha value is -2.36. The van der Waals surface area contributed by atoms with Crippen LogP contribution in [0, 0.1) is 0 Å². The van der Waals surface area contributed by atoms with Crippen molar-refractivity contribution in [1.29, 1.82) is 0 Å². The van der Waals surface area contributed by atoms with Crippen LogP contribution in [-0.4, -0.2) is 25.2 Å². The molecule has 0 aromatic heterocycles. The molecule has 0 saturated heterocycles. The topological polar surface area (TPSA) is 52.6 Å². The van der Waals surface area contributed by atoms with E-state index in [1.165, 1.54) is 27.9 Å². The van der Waals surface area contributed by atoms with Crippen LogP contribution in [0.3, 0.4) is 0 Å². The van der Waals surface area contributed by atoms with Crippen molar-refractivity contribution in [3.05, 3.63) is 58.2 Å². The Morgan fingerprint density at radius 3 is 1.18 bits per heavy atom. The highest BCUT2D eigenvalue weighted by Gasteiger charge is 2.08. The quantitative estimate of drug-likeness (QED) is 0.174. The van der Waals surface area contributed by atoms with Crippen LogP contribution in [0.5, 0.6) is 0 Å². The van der Waals surface area contributed by atoms with Crippen molar-refractivity contribution in [2.24, 2.45) is 0 Å². The van der Waals surface area contributed by atoms with Crippen molar-refractivity contribution in [3.8, 4) is 0 Å². The third kappa shape index (κ3) is 21.3.